The molecule has 0 aliphatic carbocycles. The number of carbonyl (C=O) groups excluding carboxylic acids is 1. The van der Waals surface area contributed by atoms with Crippen LogP contribution in [0.15, 0.2) is 36.4 Å². The number of para-hydroxylation sites is 1. The molecule has 2 atom stereocenters. The summed E-state index contributed by atoms with van der Waals surface area (Å²) in [4.78, 5) is 12.6. The van der Waals surface area contributed by atoms with Gasteiger partial charge in [0.05, 0.1) is 32.9 Å². The van der Waals surface area contributed by atoms with Gasteiger partial charge in [0, 0.05) is 23.3 Å². The van der Waals surface area contributed by atoms with E-state index < -0.39 is 23.8 Å². The second kappa shape index (κ2) is 10.5. The fourth-order valence-corrected chi connectivity index (χ4v) is 4.51. The number of methoxy groups -OCH3 is 3. The van der Waals surface area contributed by atoms with Gasteiger partial charge in [-0.3, -0.25) is 9.36 Å². The number of esters is 1. The molecule has 36 heavy (non-hydrogen) atoms. The van der Waals surface area contributed by atoms with Gasteiger partial charge in [-0.15, -0.1) is 10.2 Å². The predicted octanol–water partition coefficient (Wildman–Crippen LogP) is 4.93. The number of carbonyl (C=O) groups is 1. The first-order valence-corrected chi connectivity index (χ1v) is 12.0. The third-order valence-corrected chi connectivity index (χ3v) is 6.45. The topological polar surface area (TPSA) is 93.9 Å². The first-order chi connectivity index (χ1) is 17.2. The Morgan fingerprint density at radius 3 is 2.56 bits per heavy atom. The summed E-state index contributed by atoms with van der Waals surface area (Å²) in [5.74, 6) is 1.66. The lowest BCUT2D eigenvalue weighted by Gasteiger charge is -2.25. The number of nitrogens with zero attached hydrogens (tertiary/aromatic N) is 3. The van der Waals surface area contributed by atoms with Gasteiger partial charge in [0.1, 0.15) is 17.8 Å². The van der Waals surface area contributed by atoms with E-state index in [2.05, 4.69) is 10.2 Å². The summed E-state index contributed by atoms with van der Waals surface area (Å²) < 4.78 is 30.8. The number of benzene rings is 2. The molecule has 0 saturated carbocycles. The fraction of sp³-hybridized carbons (Fsp3) is 0.423. The number of fused-ring (bicyclic) bond motifs is 3. The Morgan fingerprint density at radius 1 is 1.11 bits per heavy atom. The van der Waals surface area contributed by atoms with Crippen LogP contribution in [0.3, 0.4) is 0 Å². The Hall–Kier alpha value is -3.14. The molecular weight excluding hydrogens is 486 g/mol. The van der Waals surface area contributed by atoms with E-state index in [0.29, 0.717) is 33.7 Å². The molecule has 0 N–H and O–H groups in total. The third-order valence-electron chi connectivity index (χ3n) is 6.21. The van der Waals surface area contributed by atoms with Crippen molar-refractivity contribution in [3.05, 3.63) is 64.2 Å². The van der Waals surface area contributed by atoms with Crippen LogP contribution in [0, 0.1) is 0 Å². The lowest BCUT2D eigenvalue weighted by molar-refractivity contribution is -0.147. The molecule has 9 nitrogen and oxygen atoms in total. The van der Waals surface area contributed by atoms with Crippen molar-refractivity contribution >= 4 is 17.6 Å². The van der Waals surface area contributed by atoms with E-state index in [1.807, 2.05) is 48.7 Å². The molecule has 1 aliphatic heterocycles. The Morgan fingerprint density at radius 2 is 1.89 bits per heavy atom. The van der Waals surface area contributed by atoms with Crippen molar-refractivity contribution in [2.24, 2.45) is 0 Å². The van der Waals surface area contributed by atoms with Crippen LogP contribution in [0.25, 0.3) is 5.69 Å². The van der Waals surface area contributed by atoms with E-state index in [4.69, 9.17) is 35.3 Å². The molecular formula is C26H30ClN3O6. The molecule has 0 saturated heterocycles. The highest BCUT2D eigenvalue weighted by molar-refractivity contribution is 6.30. The summed E-state index contributed by atoms with van der Waals surface area (Å²) in [5, 5.41) is 9.43. The van der Waals surface area contributed by atoms with Crippen molar-refractivity contribution in [2.45, 2.75) is 45.0 Å². The number of aromatic nitrogens is 3. The minimum absolute atomic E-state index is 0.0656. The Balaban J connectivity index is 2.01. The van der Waals surface area contributed by atoms with E-state index in [0.717, 1.165) is 11.3 Å². The SMILES string of the molecule is CCOC(=O)CC1OC(c2cccc(OC)c2OC)c2cc(Cl)ccc2-n2c1nnc2C(C)(C)OC. The van der Waals surface area contributed by atoms with Crippen molar-refractivity contribution < 1.29 is 28.5 Å². The van der Waals surface area contributed by atoms with Gasteiger partial charge < -0.3 is 23.7 Å². The number of hydrogen-bond donors (Lipinski definition) is 0. The summed E-state index contributed by atoms with van der Waals surface area (Å²) in [5.41, 5.74) is 1.42. The van der Waals surface area contributed by atoms with E-state index >= 15 is 0 Å². The van der Waals surface area contributed by atoms with Crippen LogP contribution in [0.1, 0.15) is 62.2 Å². The molecule has 0 spiro atoms. The monoisotopic (exact) mass is 515 g/mol. The summed E-state index contributed by atoms with van der Waals surface area (Å²) >= 11 is 6.48. The van der Waals surface area contributed by atoms with Crippen molar-refractivity contribution in [1.29, 1.82) is 0 Å². The summed E-state index contributed by atoms with van der Waals surface area (Å²) in [6.45, 7) is 5.81. The molecule has 0 bridgehead atoms. The standard InChI is InChI=1S/C26H30ClN3O6/c1-7-35-21(31)14-20-24-28-29-25(26(2,3)34-6)30(24)18-12-11-15(27)13-17(18)22(36-20)16-9-8-10-19(32-4)23(16)33-5/h8-13,20,22H,7,14H2,1-6H3. The zero-order valence-electron chi connectivity index (χ0n) is 21.2. The molecule has 1 aliphatic rings. The molecule has 0 fully saturated rings. The second-order valence-electron chi connectivity index (χ2n) is 8.73. The summed E-state index contributed by atoms with van der Waals surface area (Å²) in [6.07, 6.45) is -1.53. The number of halogens is 1. The molecule has 0 radical (unpaired) electrons. The fourth-order valence-electron chi connectivity index (χ4n) is 4.33. The molecule has 4 rings (SSSR count). The highest BCUT2D eigenvalue weighted by Gasteiger charge is 2.39. The van der Waals surface area contributed by atoms with Crippen LogP contribution < -0.4 is 9.47 Å². The number of hydrogen-bond acceptors (Lipinski definition) is 8. The quantitative estimate of drug-likeness (QED) is 0.390. The molecule has 2 unspecified atom stereocenters. The average Bonchev–Trinajstić information content (AvgIpc) is 3.27. The van der Waals surface area contributed by atoms with E-state index in [9.17, 15) is 4.79 Å². The third kappa shape index (κ3) is 4.66. The van der Waals surface area contributed by atoms with Crippen LogP contribution >= 0.6 is 11.6 Å². The van der Waals surface area contributed by atoms with Gasteiger partial charge in [-0.05, 0) is 45.0 Å². The van der Waals surface area contributed by atoms with Gasteiger partial charge in [0.2, 0.25) is 0 Å². The summed E-state index contributed by atoms with van der Waals surface area (Å²) in [7, 11) is 4.75. The molecule has 1 aromatic heterocycles. The molecule has 0 amide bonds. The maximum atomic E-state index is 12.6. The van der Waals surface area contributed by atoms with E-state index in [1.54, 1.807) is 34.3 Å². The van der Waals surface area contributed by atoms with Crippen molar-refractivity contribution in [2.75, 3.05) is 27.9 Å². The van der Waals surface area contributed by atoms with Gasteiger partial charge in [0.15, 0.2) is 23.1 Å². The first-order valence-electron chi connectivity index (χ1n) is 11.6. The largest absolute Gasteiger partial charge is 0.493 e. The second-order valence-corrected chi connectivity index (χ2v) is 9.17. The van der Waals surface area contributed by atoms with Gasteiger partial charge in [0.25, 0.3) is 0 Å². The predicted molar refractivity (Wildman–Crippen MR) is 133 cm³/mol. The van der Waals surface area contributed by atoms with Gasteiger partial charge >= 0.3 is 5.97 Å². The molecule has 10 heteroatoms. The number of rotatable bonds is 8. The van der Waals surface area contributed by atoms with Crippen molar-refractivity contribution in [3.63, 3.8) is 0 Å². The Bertz CT molecular complexity index is 1260. The van der Waals surface area contributed by atoms with Crippen LogP contribution in [-0.2, 0) is 24.6 Å². The van der Waals surface area contributed by atoms with E-state index in [1.165, 1.54) is 0 Å². The maximum absolute atomic E-state index is 12.6. The van der Waals surface area contributed by atoms with Crippen LogP contribution in [-0.4, -0.2) is 48.7 Å². The van der Waals surface area contributed by atoms with Crippen LogP contribution in [0.5, 0.6) is 11.5 Å². The Labute approximate surface area is 215 Å². The normalized spacial score (nSPS) is 17.1. The highest BCUT2D eigenvalue weighted by Crippen LogP contribution is 2.47. The van der Waals surface area contributed by atoms with Gasteiger partial charge in [-0.2, -0.15) is 0 Å². The van der Waals surface area contributed by atoms with Crippen LogP contribution in [0.2, 0.25) is 5.02 Å². The van der Waals surface area contributed by atoms with Crippen LogP contribution in [0.4, 0.5) is 0 Å². The van der Waals surface area contributed by atoms with E-state index in [-0.39, 0.29) is 13.0 Å². The minimum atomic E-state index is -0.788. The minimum Gasteiger partial charge on any atom is -0.493 e. The molecule has 2 heterocycles. The zero-order valence-corrected chi connectivity index (χ0v) is 22.0. The zero-order chi connectivity index (χ0) is 26.0. The van der Waals surface area contributed by atoms with Crippen molar-refractivity contribution in [3.8, 4) is 17.2 Å². The van der Waals surface area contributed by atoms with Gasteiger partial charge in [-0.1, -0.05) is 23.7 Å². The average molecular weight is 516 g/mol. The number of ether oxygens (including phenoxy) is 5. The molecule has 3 aromatic rings. The Kier molecular flexibility index (Phi) is 7.54. The first kappa shape index (κ1) is 25.9. The highest BCUT2D eigenvalue weighted by atomic mass is 35.5. The summed E-state index contributed by atoms with van der Waals surface area (Å²) in [6, 6.07) is 11.1. The van der Waals surface area contributed by atoms with Gasteiger partial charge in [-0.25, -0.2) is 0 Å². The maximum Gasteiger partial charge on any atom is 0.308 e. The lowest BCUT2D eigenvalue weighted by atomic mass is 9.97. The smallest absolute Gasteiger partial charge is 0.308 e. The molecule has 2 aromatic carbocycles. The molecule has 192 valence electrons. The van der Waals surface area contributed by atoms with Crippen molar-refractivity contribution in [1.82, 2.24) is 14.8 Å². The lowest BCUT2D eigenvalue weighted by Crippen LogP contribution is -2.25.